The van der Waals surface area contributed by atoms with Crippen molar-refractivity contribution in [3.05, 3.63) is 71.5 Å². The normalized spacial score (nSPS) is 12.4. The Morgan fingerprint density at radius 3 is 2.22 bits per heavy atom. The van der Waals surface area contributed by atoms with Gasteiger partial charge in [-0.2, -0.15) is 5.06 Å². The molecular formula is C44H60BN5O14S. The van der Waals surface area contributed by atoms with E-state index in [9.17, 15) is 42.0 Å². The van der Waals surface area contributed by atoms with E-state index in [2.05, 4.69) is 16.0 Å². The predicted molar refractivity (Wildman–Crippen MR) is 241 cm³/mol. The van der Waals surface area contributed by atoms with Crippen LogP contribution in [0.3, 0.4) is 0 Å². The molecule has 0 unspecified atom stereocenters. The molecular weight excluding hydrogens is 865 g/mol. The topological polar surface area (TPSA) is 246 Å². The van der Waals surface area contributed by atoms with Gasteiger partial charge >= 0.3 is 25.4 Å². The maximum atomic E-state index is 13.7. The zero-order valence-electron chi connectivity index (χ0n) is 38.0. The van der Waals surface area contributed by atoms with Crippen molar-refractivity contribution in [2.24, 2.45) is 5.92 Å². The van der Waals surface area contributed by atoms with E-state index in [4.69, 9.17) is 23.4 Å². The molecule has 0 aliphatic heterocycles. The number of carbonyl (C=O) groups excluding carboxylic acids is 7. The Balaban J connectivity index is 1.70. The number of benzene rings is 2. The summed E-state index contributed by atoms with van der Waals surface area (Å²) in [6, 6.07) is 10.9. The Hall–Kier alpha value is -6.38. The molecule has 0 saturated carbocycles. The number of unbranched alkanes of at least 4 members (excludes halogenated alkanes) is 3. The van der Waals surface area contributed by atoms with Crippen LogP contribution in [0.1, 0.15) is 110 Å². The summed E-state index contributed by atoms with van der Waals surface area (Å²) in [7, 11) is -2.15. The highest BCUT2D eigenvalue weighted by atomic mass is 32.2. The van der Waals surface area contributed by atoms with Gasteiger partial charge in [0.15, 0.2) is 5.76 Å². The molecule has 21 heteroatoms. The van der Waals surface area contributed by atoms with Crippen LogP contribution >= 0.6 is 0 Å². The number of furan rings is 1. The first-order valence-corrected chi connectivity index (χ1v) is 23.4. The average molecular weight is 926 g/mol. The lowest BCUT2D eigenvalue weighted by atomic mass is 9.90. The van der Waals surface area contributed by atoms with E-state index in [1.807, 2.05) is 13.8 Å². The molecule has 0 aliphatic rings. The molecule has 19 nitrogen and oxygen atoms in total. The lowest BCUT2D eigenvalue weighted by Crippen LogP contribution is -2.49. The number of sulfonamides is 1. The van der Waals surface area contributed by atoms with Crippen molar-refractivity contribution < 1.29 is 65.4 Å². The number of hydrogen-bond donors (Lipinski definition) is 3. The van der Waals surface area contributed by atoms with Gasteiger partial charge in [0.1, 0.15) is 17.6 Å². The van der Waals surface area contributed by atoms with E-state index in [1.54, 1.807) is 26.7 Å². The van der Waals surface area contributed by atoms with Crippen LogP contribution in [0.15, 0.2) is 59.0 Å². The Kier molecular flexibility index (Phi) is 21.5. The van der Waals surface area contributed by atoms with Crippen molar-refractivity contribution in [1.82, 2.24) is 21.0 Å². The minimum absolute atomic E-state index is 0.0317. The van der Waals surface area contributed by atoms with Crippen molar-refractivity contribution >= 4 is 65.2 Å². The van der Waals surface area contributed by atoms with E-state index < -0.39 is 70.1 Å². The summed E-state index contributed by atoms with van der Waals surface area (Å²) in [5, 5.41) is 8.63. The maximum Gasteiger partial charge on any atom is 0.363 e. The number of esters is 1. The highest BCUT2D eigenvalue weighted by Crippen LogP contribution is 2.30. The van der Waals surface area contributed by atoms with Crippen LogP contribution in [0.4, 0.5) is 5.69 Å². The fourth-order valence-corrected chi connectivity index (χ4v) is 6.98. The minimum Gasteiger partial charge on any atom is -0.539 e. The predicted octanol–water partition coefficient (Wildman–Crippen LogP) is 4.52. The summed E-state index contributed by atoms with van der Waals surface area (Å²) in [5.41, 5.74) is 0.854. The van der Waals surface area contributed by atoms with Crippen molar-refractivity contribution in [2.45, 2.75) is 98.0 Å². The molecule has 3 rings (SSSR count). The highest BCUT2D eigenvalue weighted by molar-refractivity contribution is 7.92. The van der Waals surface area contributed by atoms with Crippen LogP contribution in [-0.4, -0.2) is 108 Å². The quantitative estimate of drug-likeness (QED) is 0.0226. The first-order chi connectivity index (χ1) is 31.0. The molecule has 3 N–H and O–H groups in total. The Morgan fingerprint density at radius 2 is 1.60 bits per heavy atom. The van der Waals surface area contributed by atoms with Crippen molar-refractivity contribution in [3.63, 3.8) is 0 Å². The van der Waals surface area contributed by atoms with Crippen LogP contribution in [0.2, 0.25) is 6.82 Å². The van der Waals surface area contributed by atoms with Gasteiger partial charge in [-0.3, -0.25) is 33.1 Å². The van der Waals surface area contributed by atoms with E-state index >= 15 is 0 Å². The highest BCUT2D eigenvalue weighted by Gasteiger charge is 2.34. The van der Waals surface area contributed by atoms with Gasteiger partial charge < -0.3 is 39.3 Å². The van der Waals surface area contributed by atoms with E-state index in [0.29, 0.717) is 36.9 Å². The van der Waals surface area contributed by atoms with Crippen LogP contribution < -0.4 is 25.0 Å². The lowest BCUT2D eigenvalue weighted by molar-refractivity contribution is -0.171. The minimum atomic E-state index is -3.54. The average Bonchev–Trinajstić information content (AvgIpc) is 3.78. The second-order valence-corrected chi connectivity index (χ2v) is 16.8. The van der Waals surface area contributed by atoms with Gasteiger partial charge in [0, 0.05) is 12.6 Å². The molecule has 0 spiro atoms. The zero-order valence-corrected chi connectivity index (χ0v) is 38.8. The molecule has 0 fully saturated rings. The van der Waals surface area contributed by atoms with Gasteiger partial charge in [-0.15, -0.1) is 0 Å². The third-order valence-corrected chi connectivity index (χ3v) is 11.3. The molecule has 0 radical (unpaired) electrons. The third kappa shape index (κ3) is 16.0. The van der Waals surface area contributed by atoms with Crippen LogP contribution in [-0.2, 0) is 43.4 Å². The summed E-state index contributed by atoms with van der Waals surface area (Å²) in [6.45, 7) is 9.02. The molecule has 1 aromatic heterocycles. The molecule has 1 heterocycles. The monoisotopic (exact) mass is 925 g/mol. The zero-order chi connectivity index (χ0) is 48.1. The van der Waals surface area contributed by atoms with Crippen LogP contribution in [0, 0.1) is 5.92 Å². The molecule has 354 valence electrons. The molecule has 4 amide bonds. The summed E-state index contributed by atoms with van der Waals surface area (Å²) >= 11 is 0. The summed E-state index contributed by atoms with van der Waals surface area (Å²) in [6.07, 6.45) is 5.24. The number of nitrogens with one attached hydrogen (secondary N) is 3. The molecule has 2 aromatic carbocycles. The molecule has 3 atom stereocenters. The fourth-order valence-electron chi connectivity index (χ4n) is 6.48. The Bertz CT molecular complexity index is 2200. The molecule has 0 aliphatic carbocycles. The van der Waals surface area contributed by atoms with Crippen molar-refractivity contribution in [2.75, 3.05) is 37.5 Å². The number of hydrogen-bond acceptors (Lipinski definition) is 14. The SMILES string of the molecule is CBOC(=O)[C@H](CC(=O)OCCCC)NC(=O)c1ccc(-c2ccc(C(=O)NCNC(=O)[C@H](CCCCC)[C@@H](CC)N(C=O)OC(=O)c3ccc(N(C)S(C)(=O)=O)cc3)o2)cc1OCC. The van der Waals surface area contributed by atoms with Gasteiger partial charge in [-0.05, 0) is 74.7 Å². The van der Waals surface area contributed by atoms with Gasteiger partial charge in [0.2, 0.25) is 22.3 Å². The maximum absolute atomic E-state index is 13.7. The van der Waals surface area contributed by atoms with Crippen LogP contribution in [0.5, 0.6) is 5.75 Å². The van der Waals surface area contributed by atoms with Crippen LogP contribution in [0.25, 0.3) is 11.3 Å². The molecule has 0 saturated heterocycles. The summed E-state index contributed by atoms with van der Waals surface area (Å²) in [4.78, 5) is 96.2. The first kappa shape index (κ1) is 53.0. The fraction of sp³-hybridized carbons (Fsp3) is 0.477. The summed E-state index contributed by atoms with van der Waals surface area (Å²) in [5.74, 6) is -4.79. The third-order valence-electron chi connectivity index (χ3n) is 10.1. The number of amides is 4. The van der Waals surface area contributed by atoms with Gasteiger partial charge in [0.05, 0.1) is 61.3 Å². The number of hydroxylamine groups is 2. The van der Waals surface area contributed by atoms with Crippen molar-refractivity contribution in [1.29, 1.82) is 0 Å². The number of nitrogens with zero attached hydrogens (tertiary/aromatic N) is 2. The van der Waals surface area contributed by atoms with E-state index in [0.717, 1.165) is 34.9 Å². The van der Waals surface area contributed by atoms with Crippen molar-refractivity contribution in [3.8, 4) is 17.1 Å². The van der Waals surface area contributed by atoms with Gasteiger partial charge in [-0.1, -0.05) is 59.3 Å². The number of rotatable bonds is 28. The lowest BCUT2D eigenvalue weighted by Gasteiger charge is -2.31. The second kappa shape index (κ2) is 26.4. The van der Waals surface area contributed by atoms with E-state index in [1.165, 1.54) is 55.6 Å². The van der Waals surface area contributed by atoms with Gasteiger partial charge in [-0.25, -0.2) is 13.2 Å². The Labute approximate surface area is 380 Å². The standard InChI is InChI=1S/C44H60BN5O14S/c1-8-12-14-15-32(35(10-3)50(28-51)64-43(56)29-16-19-31(20-17-29)49(6)65(7,58)59)40(53)46-27-47-42(55)37-23-22-36(62-37)30-18-21-33(38(25-30)60-11-4)41(54)48-34(44(57)63-45-5)26-39(52)61-24-13-9-2/h16-23,25,28,32,34-35,45H,8-15,24,26-27H2,1-7H3,(H,46,53)(H,47,55)(H,48,54)/t32-,34+,35-/m1/s1. The molecule has 3 aromatic rings. The molecule has 65 heavy (non-hydrogen) atoms. The molecule has 0 bridgehead atoms. The smallest absolute Gasteiger partial charge is 0.363 e. The second-order valence-electron chi connectivity index (χ2n) is 14.8. The first-order valence-electron chi connectivity index (χ1n) is 21.6. The number of anilines is 1. The number of ether oxygens (including phenoxy) is 2. The van der Waals surface area contributed by atoms with E-state index in [-0.39, 0.29) is 62.2 Å². The Morgan fingerprint density at radius 1 is 0.892 bits per heavy atom. The summed E-state index contributed by atoms with van der Waals surface area (Å²) < 4.78 is 46.7. The van der Waals surface area contributed by atoms with Gasteiger partial charge in [0.25, 0.3) is 11.8 Å². The largest absolute Gasteiger partial charge is 0.539 e. The number of carbonyl (C=O) groups is 7.